The summed E-state index contributed by atoms with van der Waals surface area (Å²) in [5, 5.41) is 14.5. The second kappa shape index (κ2) is 10.2. The molecule has 0 radical (unpaired) electrons. The van der Waals surface area contributed by atoms with Gasteiger partial charge in [-0.1, -0.05) is 23.2 Å². The molecule has 156 valence electrons. The Morgan fingerprint density at radius 3 is 2.14 bits per heavy atom. The quantitative estimate of drug-likeness (QED) is 0.557. The third-order valence-corrected chi connectivity index (χ3v) is 5.04. The topological polar surface area (TPSA) is 71.0 Å². The lowest BCUT2D eigenvalue weighted by Gasteiger charge is -2.46. The van der Waals surface area contributed by atoms with E-state index in [1.807, 2.05) is 12.1 Å². The van der Waals surface area contributed by atoms with E-state index in [4.69, 9.17) is 32.7 Å². The fourth-order valence-corrected chi connectivity index (χ4v) is 3.31. The number of carbonyl (C=O) groups is 1. The zero-order chi connectivity index (χ0) is 20.7. The van der Waals surface area contributed by atoms with Crippen LogP contribution >= 0.6 is 23.2 Å². The lowest BCUT2D eigenvalue weighted by molar-refractivity contribution is -0.129. The van der Waals surface area contributed by atoms with E-state index in [0.29, 0.717) is 35.5 Å². The second-order valence-corrected chi connectivity index (χ2v) is 7.98. The molecule has 8 heteroatoms. The van der Waals surface area contributed by atoms with Crippen molar-refractivity contribution in [1.82, 2.24) is 10.2 Å². The van der Waals surface area contributed by atoms with Gasteiger partial charge in [-0.15, -0.1) is 0 Å². The van der Waals surface area contributed by atoms with Crippen LogP contribution in [0.1, 0.15) is 6.42 Å². The molecule has 0 spiro atoms. The number of aliphatic hydroxyl groups is 1. The van der Waals surface area contributed by atoms with E-state index >= 15 is 0 Å². The van der Waals surface area contributed by atoms with Gasteiger partial charge in [-0.2, -0.15) is 0 Å². The number of rotatable bonds is 10. The second-order valence-electron chi connectivity index (χ2n) is 7.11. The first-order chi connectivity index (χ1) is 13.9. The summed E-state index contributed by atoms with van der Waals surface area (Å²) >= 11 is 11.6. The van der Waals surface area contributed by atoms with Gasteiger partial charge in [0.25, 0.3) is 5.91 Å². The highest BCUT2D eigenvalue weighted by Crippen LogP contribution is 2.21. The van der Waals surface area contributed by atoms with Crippen LogP contribution in [0.15, 0.2) is 48.5 Å². The SMILES string of the molecule is O=C(COc1ccc(Cl)cc1)NCC1(O)CN(CCCOc2ccc(Cl)cc2)C1. The molecule has 0 bridgehead atoms. The molecule has 2 aromatic rings. The van der Waals surface area contributed by atoms with Crippen molar-refractivity contribution < 1.29 is 19.4 Å². The Labute approximate surface area is 180 Å². The third kappa shape index (κ3) is 7.08. The molecule has 1 amide bonds. The first kappa shape index (κ1) is 21.7. The Morgan fingerprint density at radius 1 is 1.00 bits per heavy atom. The molecule has 1 saturated heterocycles. The van der Waals surface area contributed by atoms with Crippen molar-refractivity contribution in [2.24, 2.45) is 0 Å². The van der Waals surface area contributed by atoms with E-state index in [2.05, 4.69) is 10.2 Å². The maximum atomic E-state index is 11.9. The maximum absolute atomic E-state index is 11.9. The van der Waals surface area contributed by atoms with Crippen LogP contribution in [0.2, 0.25) is 10.0 Å². The summed E-state index contributed by atoms with van der Waals surface area (Å²) in [6.07, 6.45) is 0.847. The number of nitrogens with zero attached hydrogens (tertiary/aromatic N) is 1. The van der Waals surface area contributed by atoms with E-state index in [1.165, 1.54) is 0 Å². The summed E-state index contributed by atoms with van der Waals surface area (Å²) in [7, 11) is 0. The van der Waals surface area contributed by atoms with Crippen LogP contribution in [0.25, 0.3) is 0 Å². The van der Waals surface area contributed by atoms with E-state index in [-0.39, 0.29) is 19.1 Å². The smallest absolute Gasteiger partial charge is 0.258 e. The first-order valence-electron chi connectivity index (χ1n) is 9.40. The Kier molecular flexibility index (Phi) is 7.61. The van der Waals surface area contributed by atoms with Crippen molar-refractivity contribution >= 4 is 29.1 Å². The summed E-state index contributed by atoms with van der Waals surface area (Å²) in [5.74, 6) is 1.08. The van der Waals surface area contributed by atoms with Crippen LogP contribution in [0, 0.1) is 0 Å². The van der Waals surface area contributed by atoms with Crippen LogP contribution in [0.3, 0.4) is 0 Å². The van der Waals surface area contributed by atoms with Crippen LogP contribution < -0.4 is 14.8 Å². The number of ether oxygens (including phenoxy) is 2. The third-order valence-electron chi connectivity index (χ3n) is 4.54. The zero-order valence-electron chi connectivity index (χ0n) is 15.9. The molecule has 0 atom stereocenters. The molecule has 2 aromatic carbocycles. The number of hydrogen-bond donors (Lipinski definition) is 2. The monoisotopic (exact) mass is 438 g/mol. The molecule has 3 rings (SSSR count). The normalized spacial score (nSPS) is 15.4. The fourth-order valence-electron chi connectivity index (χ4n) is 3.06. The standard InChI is InChI=1S/C21H24Cl2N2O4/c22-16-2-6-18(7-3-16)28-11-1-10-25-14-21(27,15-25)13-24-20(26)12-29-19-8-4-17(23)5-9-19/h2-9,27H,1,10-15H2,(H,24,26). The minimum Gasteiger partial charge on any atom is -0.494 e. The molecule has 29 heavy (non-hydrogen) atoms. The van der Waals surface area contributed by atoms with Gasteiger partial charge >= 0.3 is 0 Å². The van der Waals surface area contributed by atoms with E-state index in [0.717, 1.165) is 18.7 Å². The van der Waals surface area contributed by atoms with Crippen LogP contribution in [0.4, 0.5) is 0 Å². The molecule has 0 saturated carbocycles. The van der Waals surface area contributed by atoms with Crippen LogP contribution in [-0.4, -0.2) is 60.9 Å². The largest absolute Gasteiger partial charge is 0.494 e. The molecule has 0 unspecified atom stereocenters. The molecule has 0 aromatic heterocycles. The maximum Gasteiger partial charge on any atom is 0.258 e. The van der Waals surface area contributed by atoms with Gasteiger partial charge in [0.2, 0.25) is 0 Å². The Morgan fingerprint density at radius 2 is 1.55 bits per heavy atom. The molecule has 1 aliphatic heterocycles. The Hall–Kier alpha value is -1.99. The van der Waals surface area contributed by atoms with Crippen LogP contribution in [-0.2, 0) is 4.79 Å². The first-order valence-corrected chi connectivity index (χ1v) is 10.2. The van der Waals surface area contributed by atoms with E-state index in [9.17, 15) is 9.90 Å². The van der Waals surface area contributed by atoms with Crippen molar-refractivity contribution in [3.8, 4) is 11.5 Å². The molecule has 2 N–H and O–H groups in total. The van der Waals surface area contributed by atoms with Gasteiger partial charge < -0.3 is 19.9 Å². The van der Waals surface area contributed by atoms with Gasteiger partial charge in [0.1, 0.15) is 17.1 Å². The Balaban J connectivity index is 1.25. The lowest BCUT2D eigenvalue weighted by atomic mass is 9.94. The van der Waals surface area contributed by atoms with Gasteiger partial charge in [0.05, 0.1) is 6.61 Å². The minimum atomic E-state index is -0.896. The summed E-state index contributed by atoms with van der Waals surface area (Å²) in [6.45, 7) is 2.55. The number of halogens is 2. The lowest BCUT2D eigenvalue weighted by Crippen LogP contribution is -2.66. The van der Waals surface area contributed by atoms with Crippen molar-refractivity contribution in [1.29, 1.82) is 0 Å². The fraction of sp³-hybridized carbons (Fsp3) is 0.381. The minimum absolute atomic E-state index is 0.108. The van der Waals surface area contributed by atoms with Crippen molar-refractivity contribution in [3.63, 3.8) is 0 Å². The number of β-amino-alcohol motifs (C(OH)–C–C–N with tert-alkyl or cyclic N) is 1. The number of carbonyl (C=O) groups excluding carboxylic acids is 1. The van der Waals surface area contributed by atoms with Crippen molar-refractivity contribution in [2.75, 3.05) is 39.4 Å². The van der Waals surface area contributed by atoms with E-state index in [1.54, 1.807) is 36.4 Å². The molecule has 1 aliphatic rings. The summed E-state index contributed by atoms with van der Waals surface area (Å²) < 4.78 is 11.0. The number of benzene rings is 2. The summed E-state index contributed by atoms with van der Waals surface area (Å²) in [5.41, 5.74) is -0.896. The van der Waals surface area contributed by atoms with Crippen molar-refractivity contribution in [3.05, 3.63) is 58.6 Å². The molecular formula is C21H24Cl2N2O4. The number of hydrogen-bond acceptors (Lipinski definition) is 5. The average molecular weight is 439 g/mol. The predicted molar refractivity (Wildman–Crippen MR) is 113 cm³/mol. The molecular weight excluding hydrogens is 415 g/mol. The van der Waals surface area contributed by atoms with Gasteiger partial charge in [0, 0.05) is 36.2 Å². The van der Waals surface area contributed by atoms with Gasteiger partial charge in [-0.25, -0.2) is 0 Å². The van der Waals surface area contributed by atoms with Gasteiger partial charge in [-0.05, 0) is 55.0 Å². The average Bonchev–Trinajstić information content (AvgIpc) is 2.69. The highest BCUT2D eigenvalue weighted by molar-refractivity contribution is 6.30. The van der Waals surface area contributed by atoms with Gasteiger partial charge in [0.15, 0.2) is 6.61 Å². The van der Waals surface area contributed by atoms with Crippen molar-refractivity contribution in [2.45, 2.75) is 12.0 Å². The molecule has 1 fully saturated rings. The predicted octanol–water partition coefficient (Wildman–Crippen LogP) is 3.00. The van der Waals surface area contributed by atoms with Crippen LogP contribution in [0.5, 0.6) is 11.5 Å². The Bertz CT molecular complexity index is 793. The molecule has 1 heterocycles. The zero-order valence-corrected chi connectivity index (χ0v) is 17.5. The number of amides is 1. The summed E-state index contributed by atoms with van der Waals surface area (Å²) in [6, 6.07) is 14.0. The number of likely N-dealkylation sites (tertiary alicyclic amines) is 1. The molecule has 0 aliphatic carbocycles. The number of nitrogens with one attached hydrogen (secondary N) is 1. The highest BCUT2D eigenvalue weighted by Gasteiger charge is 2.40. The molecule has 6 nitrogen and oxygen atoms in total. The van der Waals surface area contributed by atoms with E-state index < -0.39 is 5.60 Å². The summed E-state index contributed by atoms with van der Waals surface area (Å²) in [4.78, 5) is 14.0. The highest BCUT2D eigenvalue weighted by atomic mass is 35.5. The van der Waals surface area contributed by atoms with Gasteiger partial charge in [-0.3, -0.25) is 9.69 Å².